The Morgan fingerprint density at radius 2 is 2.17 bits per heavy atom. The molecule has 0 atom stereocenters. The molecular weight excluding hydrogens is 146 g/mol. The van der Waals surface area contributed by atoms with E-state index in [4.69, 9.17) is 0 Å². The van der Waals surface area contributed by atoms with Crippen LogP contribution in [0.5, 0.6) is 0 Å². The highest BCUT2D eigenvalue weighted by atomic mass is 14.9. The first kappa shape index (κ1) is 8.55. The van der Waals surface area contributed by atoms with Crippen LogP contribution in [0.4, 0.5) is 0 Å². The zero-order valence-electron chi connectivity index (χ0n) is 8.40. The minimum atomic E-state index is 0.763. The van der Waals surface area contributed by atoms with Crippen LogP contribution in [0, 0.1) is 17.3 Å². The first-order chi connectivity index (χ1) is 5.70. The van der Waals surface area contributed by atoms with Crippen LogP contribution in [0.2, 0.25) is 0 Å². The summed E-state index contributed by atoms with van der Waals surface area (Å²) in [6.07, 6.45) is 6.07. The van der Waals surface area contributed by atoms with E-state index in [1.54, 1.807) is 0 Å². The summed E-state index contributed by atoms with van der Waals surface area (Å²) < 4.78 is 0. The number of rotatable bonds is 4. The van der Waals surface area contributed by atoms with E-state index in [0.29, 0.717) is 0 Å². The van der Waals surface area contributed by atoms with Gasteiger partial charge in [0.2, 0.25) is 0 Å². The standard InChI is InChI=1S/C11H21N/c1-9(2)7-12-8-11-4-3-10(5-11)6-11/h9-10,12H,3-8H2,1-2H3. The van der Waals surface area contributed by atoms with Crippen LogP contribution < -0.4 is 5.32 Å². The van der Waals surface area contributed by atoms with Gasteiger partial charge >= 0.3 is 0 Å². The second-order valence-electron chi connectivity index (χ2n) is 5.34. The molecule has 0 heterocycles. The maximum atomic E-state index is 3.61. The molecule has 0 aromatic rings. The summed E-state index contributed by atoms with van der Waals surface area (Å²) in [5, 5.41) is 3.61. The Hall–Kier alpha value is -0.0400. The Morgan fingerprint density at radius 3 is 2.67 bits per heavy atom. The Kier molecular flexibility index (Phi) is 2.16. The molecule has 3 saturated carbocycles. The molecule has 0 radical (unpaired) electrons. The lowest BCUT2D eigenvalue weighted by Gasteiger charge is -2.38. The molecule has 0 saturated heterocycles. The first-order valence-electron chi connectivity index (χ1n) is 5.41. The van der Waals surface area contributed by atoms with Crippen molar-refractivity contribution in [3.63, 3.8) is 0 Å². The van der Waals surface area contributed by atoms with E-state index in [-0.39, 0.29) is 0 Å². The lowest BCUT2D eigenvalue weighted by molar-refractivity contribution is 0.140. The van der Waals surface area contributed by atoms with Crippen LogP contribution in [0.25, 0.3) is 0 Å². The maximum absolute atomic E-state index is 3.61. The highest BCUT2D eigenvalue weighted by molar-refractivity contribution is 5.01. The Labute approximate surface area is 75.9 Å². The molecule has 0 unspecified atom stereocenters. The van der Waals surface area contributed by atoms with Gasteiger partial charge in [0.15, 0.2) is 0 Å². The van der Waals surface area contributed by atoms with Crippen molar-refractivity contribution in [3.05, 3.63) is 0 Å². The smallest absolute Gasteiger partial charge is 0.000812 e. The largest absolute Gasteiger partial charge is 0.316 e. The molecule has 0 aliphatic heterocycles. The van der Waals surface area contributed by atoms with E-state index in [9.17, 15) is 0 Å². The Bertz CT molecular complexity index is 151. The third-order valence-electron chi connectivity index (χ3n) is 3.58. The highest BCUT2D eigenvalue weighted by Gasteiger charge is 2.49. The monoisotopic (exact) mass is 167 g/mol. The molecule has 0 spiro atoms. The van der Waals surface area contributed by atoms with E-state index >= 15 is 0 Å². The zero-order valence-corrected chi connectivity index (χ0v) is 8.40. The molecule has 3 aliphatic carbocycles. The molecule has 1 nitrogen and oxygen atoms in total. The second-order valence-corrected chi connectivity index (χ2v) is 5.34. The average molecular weight is 167 g/mol. The van der Waals surface area contributed by atoms with Crippen molar-refractivity contribution >= 4 is 0 Å². The average Bonchev–Trinajstić information content (AvgIpc) is 2.43. The normalized spacial score (nSPS) is 38.8. The summed E-state index contributed by atoms with van der Waals surface area (Å²) in [5.74, 6) is 1.92. The number of fused-ring (bicyclic) bond motifs is 1. The van der Waals surface area contributed by atoms with Crippen molar-refractivity contribution in [1.82, 2.24) is 5.32 Å². The molecule has 0 amide bonds. The maximum Gasteiger partial charge on any atom is 0.000812 e. The topological polar surface area (TPSA) is 12.0 Å². The van der Waals surface area contributed by atoms with Gasteiger partial charge in [0.25, 0.3) is 0 Å². The summed E-state index contributed by atoms with van der Waals surface area (Å²) in [4.78, 5) is 0. The predicted molar refractivity (Wildman–Crippen MR) is 52.1 cm³/mol. The fraction of sp³-hybridized carbons (Fsp3) is 1.00. The van der Waals surface area contributed by atoms with Crippen LogP contribution >= 0.6 is 0 Å². The SMILES string of the molecule is CC(C)CNCC12CCC(C1)C2. The third kappa shape index (κ3) is 1.52. The molecule has 3 rings (SSSR count). The van der Waals surface area contributed by atoms with Crippen molar-refractivity contribution in [3.8, 4) is 0 Å². The third-order valence-corrected chi connectivity index (χ3v) is 3.58. The van der Waals surface area contributed by atoms with E-state index in [1.807, 2.05) is 0 Å². The number of nitrogens with one attached hydrogen (secondary N) is 1. The van der Waals surface area contributed by atoms with Gasteiger partial charge in [-0.3, -0.25) is 0 Å². The fourth-order valence-corrected chi connectivity index (χ4v) is 2.94. The van der Waals surface area contributed by atoms with E-state index < -0.39 is 0 Å². The molecule has 3 fully saturated rings. The summed E-state index contributed by atoms with van der Waals surface area (Å²) in [5.41, 5.74) is 0.763. The molecular formula is C11H21N. The fourth-order valence-electron chi connectivity index (χ4n) is 2.94. The van der Waals surface area contributed by atoms with Gasteiger partial charge in [0.05, 0.1) is 0 Å². The van der Waals surface area contributed by atoms with E-state index in [2.05, 4.69) is 19.2 Å². The summed E-state index contributed by atoms with van der Waals surface area (Å²) in [7, 11) is 0. The van der Waals surface area contributed by atoms with Gasteiger partial charge in [0, 0.05) is 6.54 Å². The van der Waals surface area contributed by atoms with Crippen LogP contribution in [-0.2, 0) is 0 Å². The lowest BCUT2D eigenvalue weighted by atomic mass is 9.70. The first-order valence-corrected chi connectivity index (χ1v) is 5.41. The van der Waals surface area contributed by atoms with Crippen molar-refractivity contribution < 1.29 is 0 Å². The van der Waals surface area contributed by atoms with Gasteiger partial charge in [-0.1, -0.05) is 13.8 Å². The summed E-state index contributed by atoms with van der Waals surface area (Å²) in [6.45, 7) is 7.06. The lowest BCUT2D eigenvalue weighted by Crippen LogP contribution is -2.39. The number of hydrogen-bond donors (Lipinski definition) is 1. The molecule has 3 aliphatic rings. The summed E-state index contributed by atoms with van der Waals surface area (Å²) in [6, 6.07) is 0. The van der Waals surface area contributed by atoms with Gasteiger partial charge in [-0.2, -0.15) is 0 Å². The van der Waals surface area contributed by atoms with Crippen molar-refractivity contribution in [2.24, 2.45) is 17.3 Å². The molecule has 70 valence electrons. The van der Waals surface area contributed by atoms with Gasteiger partial charge in [-0.25, -0.2) is 0 Å². The second kappa shape index (κ2) is 3.02. The molecule has 1 N–H and O–H groups in total. The van der Waals surface area contributed by atoms with Gasteiger partial charge < -0.3 is 5.32 Å². The van der Waals surface area contributed by atoms with Crippen molar-refractivity contribution in [2.45, 2.75) is 39.5 Å². The summed E-state index contributed by atoms with van der Waals surface area (Å²) >= 11 is 0. The minimum absolute atomic E-state index is 0.763. The molecule has 1 heteroatoms. The van der Waals surface area contributed by atoms with E-state index in [0.717, 1.165) is 17.3 Å². The molecule has 2 bridgehead atoms. The van der Waals surface area contributed by atoms with Gasteiger partial charge in [0.1, 0.15) is 0 Å². The van der Waals surface area contributed by atoms with Crippen molar-refractivity contribution in [2.75, 3.05) is 13.1 Å². The zero-order chi connectivity index (χ0) is 8.60. The Morgan fingerprint density at radius 1 is 1.42 bits per heavy atom. The highest BCUT2D eigenvalue weighted by Crippen LogP contribution is 2.58. The molecule has 0 aromatic carbocycles. The van der Waals surface area contributed by atoms with Crippen LogP contribution in [0.15, 0.2) is 0 Å². The Balaban J connectivity index is 1.67. The quantitative estimate of drug-likeness (QED) is 0.678. The number of hydrogen-bond acceptors (Lipinski definition) is 1. The molecule has 0 aromatic heterocycles. The van der Waals surface area contributed by atoms with Crippen LogP contribution in [0.1, 0.15) is 39.5 Å². The predicted octanol–water partition coefficient (Wildman–Crippen LogP) is 2.42. The van der Waals surface area contributed by atoms with Gasteiger partial charge in [-0.15, -0.1) is 0 Å². The van der Waals surface area contributed by atoms with Crippen molar-refractivity contribution in [1.29, 1.82) is 0 Å². The van der Waals surface area contributed by atoms with Gasteiger partial charge in [-0.05, 0) is 49.5 Å². The van der Waals surface area contributed by atoms with E-state index in [1.165, 1.54) is 38.8 Å². The minimum Gasteiger partial charge on any atom is -0.316 e. The van der Waals surface area contributed by atoms with Crippen LogP contribution in [0.3, 0.4) is 0 Å². The molecule has 12 heavy (non-hydrogen) atoms. The van der Waals surface area contributed by atoms with Crippen LogP contribution in [-0.4, -0.2) is 13.1 Å².